The number of aliphatic hydroxyl groups excluding tert-OH is 2. The average molecular weight is 501 g/mol. The number of ketones is 2. The van der Waals surface area contributed by atoms with Crippen molar-refractivity contribution in [1.29, 1.82) is 0 Å². The zero-order valence-electron chi connectivity index (χ0n) is 21.3. The molecule has 0 radical (unpaired) electrons. The number of fused-ring (bicyclic) bond motifs is 1. The first-order chi connectivity index (χ1) is 16.6. The van der Waals surface area contributed by atoms with Gasteiger partial charge in [0.25, 0.3) is 0 Å². The third-order valence-electron chi connectivity index (χ3n) is 9.43. The van der Waals surface area contributed by atoms with Crippen LogP contribution in [0.25, 0.3) is 0 Å². The Labute approximate surface area is 211 Å². The highest BCUT2D eigenvalue weighted by molar-refractivity contribution is 6.03. The van der Waals surface area contributed by atoms with Gasteiger partial charge >= 0.3 is 0 Å². The van der Waals surface area contributed by atoms with E-state index in [1.807, 2.05) is 0 Å². The normalized spacial score (nSPS) is 46.0. The summed E-state index contributed by atoms with van der Waals surface area (Å²) in [5, 5.41) is 46.2. The molecule has 6 rings (SSSR count). The monoisotopic (exact) mass is 500 g/mol. The van der Waals surface area contributed by atoms with Gasteiger partial charge in [0, 0.05) is 37.2 Å². The van der Waals surface area contributed by atoms with E-state index in [0.29, 0.717) is 11.3 Å². The van der Waals surface area contributed by atoms with E-state index in [-0.39, 0.29) is 31.4 Å². The molecule has 1 saturated carbocycles. The minimum atomic E-state index is -2.02. The molecule has 2 fully saturated rings. The van der Waals surface area contributed by atoms with Crippen LogP contribution < -0.4 is 0 Å². The van der Waals surface area contributed by atoms with Crippen LogP contribution in [0.4, 0.5) is 0 Å². The molecule has 36 heavy (non-hydrogen) atoms. The van der Waals surface area contributed by atoms with Crippen LogP contribution in [0.3, 0.4) is 0 Å². The molecular formula is C28H36O8. The van der Waals surface area contributed by atoms with Gasteiger partial charge in [0.15, 0.2) is 11.6 Å². The number of hydrogen-bond donors (Lipinski definition) is 4. The van der Waals surface area contributed by atoms with E-state index >= 15 is 0 Å². The van der Waals surface area contributed by atoms with Gasteiger partial charge in [-0.05, 0) is 39.7 Å². The van der Waals surface area contributed by atoms with Crippen molar-refractivity contribution in [2.75, 3.05) is 0 Å². The van der Waals surface area contributed by atoms with Crippen molar-refractivity contribution in [2.24, 2.45) is 23.2 Å². The molecule has 2 bridgehead atoms. The van der Waals surface area contributed by atoms with Gasteiger partial charge in [0.05, 0.1) is 23.5 Å². The van der Waals surface area contributed by atoms with Gasteiger partial charge in [0.2, 0.25) is 0 Å². The Balaban J connectivity index is 1.87. The lowest BCUT2D eigenvalue weighted by Crippen LogP contribution is -2.77. The van der Waals surface area contributed by atoms with Gasteiger partial charge in [0.1, 0.15) is 33.9 Å². The maximum atomic E-state index is 14.2. The average Bonchev–Trinajstić information content (AvgIpc) is 2.75. The summed E-state index contributed by atoms with van der Waals surface area (Å²) in [6.07, 6.45) is 2.04. The predicted molar refractivity (Wildman–Crippen MR) is 129 cm³/mol. The second kappa shape index (κ2) is 7.40. The molecule has 0 aromatic carbocycles. The van der Waals surface area contributed by atoms with E-state index in [0.717, 1.165) is 0 Å². The number of rotatable bonds is 4. The van der Waals surface area contributed by atoms with E-state index in [9.17, 15) is 30.0 Å². The summed E-state index contributed by atoms with van der Waals surface area (Å²) >= 11 is 0. The smallest absolute Gasteiger partial charge is 0.191 e. The molecule has 8 heteroatoms. The largest absolute Gasteiger partial charge is 0.489 e. The molecular weight excluding hydrogens is 464 g/mol. The summed E-state index contributed by atoms with van der Waals surface area (Å²) in [4.78, 5) is 27.8. The number of allylic oxidation sites excluding steroid dienone is 2. The Bertz CT molecular complexity index is 1130. The molecule has 2 aliphatic heterocycles. The van der Waals surface area contributed by atoms with Crippen molar-refractivity contribution in [3.05, 3.63) is 48.5 Å². The molecule has 1 saturated heterocycles. The lowest BCUT2D eigenvalue weighted by atomic mass is 9.37. The second-order valence-corrected chi connectivity index (χ2v) is 12.2. The Morgan fingerprint density at radius 3 is 2.17 bits per heavy atom. The van der Waals surface area contributed by atoms with Gasteiger partial charge in [-0.2, -0.15) is 0 Å². The van der Waals surface area contributed by atoms with E-state index in [2.05, 4.69) is 13.2 Å². The van der Waals surface area contributed by atoms with Crippen molar-refractivity contribution < 1.29 is 39.5 Å². The molecule has 4 N–H and O–H groups in total. The zero-order chi connectivity index (χ0) is 26.6. The van der Waals surface area contributed by atoms with Gasteiger partial charge in [-0.15, -0.1) is 13.2 Å². The molecule has 8 unspecified atom stereocenters. The highest BCUT2D eigenvalue weighted by atomic mass is 16.5. The molecule has 196 valence electrons. The topological polar surface area (TPSA) is 134 Å². The van der Waals surface area contributed by atoms with Gasteiger partial charge < -0.3 is 29.9 Å². The Morgan fingerprint density at radius 2 is 1.56 bits per heavy atom. The minimum absolute atomic E-state index is 0.0173. The highest BCUT2D eigenvalue weighted by Crippen LogP contribution is 2.72. The molecule has 6 aliphatic rings. The van der Waals surface area contributed by atoms with Crippen LogP contribution in [-0.2, 0) is 19.1 Å². The second-order valence-electron chi connectivity index (χ2n) is 12.2. The van der Waals surface area contributed by atoms with Crippen LogP contribution >= 0.6 is 0 Å². The van der Waals surface area contributed by atoms with Crippen LogP contribution in [0, 0.1) is 23.2 Å². The van der Waals surface area contributed by atoms with E-state index in [4.69, 9.17) is 9.47 Å². The van der Waals surface area contributed by atoms with E-state index in [1.165, 1.54) is 18.2 Å². The predicted octanol–water partition coefficient (Wildman–Crippen LogP) is 1.87. The lowest BCUT2D eigenvalue weighted by molar-refractivity contribution is -0.252. The molecule has 0 amide bonds. The van der Waals surface area contributed by atoms with Crippen molar-refractivity contribution in [3.8, 4) is 0 Å². The Hall–Kier alpha value is -2.26. The van der Waals surface area contributed by atoms with Crippen molar-refractivity contribution in [3.63, 3.8) is 0 Å². The van der Waals surface area contributed by atoms with Crippen molar-refractivity contribution >= 4 is 11.6 Å². The van der Waals surface area contributed by atoms with Gasteiger partial charge in [-0.25, -0.2) is 0 Å². The number of carbonyl (C=O) groups excluding carboxylic acids is 2. The summed E-state index contributed by atoms with van der Waals surface area (Å²) in [5.74, 6) is -3.84. The molecule has 1 spiro atoms. The minimum Gasteiger partial charge on any atom is -0.489 e. The summed E-state index contributed by atoms with van der Waals surface area (Å²) in [6.45, 7) is 14.3. The number of Topliss-reactive ketones (excluding diaryl/α,β-unsaturated/α-hetero) is 1. The standard InChI is InChI=1S/C28H36O8/c1-7-9-27(33)16(30)12-18-26(13-17(31)25(5,6)35-18)20-21-14(11-15(29)24(3,4)36-21)19(22(26)27)28(34,10-8-2)23(20)32/h7-8,12,15,17,19-20,22,29,31,33-34H,1-2,9-11,13H2,3-6H3. The van der Waals surface area contributed by atoms with E-state index in [1.54, 1.807) is 27.7 Å². The number of ether oxygens (including phenoxy) is 2. The zero-order valence-corrected chi connectivity index (χ0v) is 21.3. The molecule has 0 aromatic heterocycles. The first-order valence-corrected chi connectivity index (χ1v) is 12.6. The Kier molecular flexibility index (Phi) is 5.22. The van der Waals surface area contributed by atoms with Crippen LogP contribution in [-0.4, -0.2) is 66.6 Å². The molecule has 0 aromatic rings. The maximum Gasteiger partial charge on any atom is 0.191 e. The number of aliphatic hydroxyl groups is 4. The fourth-order valence-electron chi connectivity index (χ4n) is 7.54. The highest BCUT2D eigenvalue weighted by Gasteiger charge is 2.79. The summed E-state index contributed by atoms with van der Waals surface area (Å²) in [7, 11) is 0. The fraction of sp³-hybridized carbons (Fsp3) is 0.643. The SMILES string of the molecule is C=CCC1(O)C(=O)C2C3=C(CC(O)C(C)(C)O3)C1C1C(O)(CC=C)C(=O)C=C3OC(C)(C)C(O)CC321. The number of hydrogen-bond acceptors (Lipinski definition) is 8. The number of carbonyl (C=O) groups is 2. The van der Waals surface area contributed by atoms with Crippen LogP contribution in [0.1, 0.15) is 53.4 Å². The fourth-order valence-corrected chi connectivity index (χ4v) is 7.54. The van der Waals surface area contributed by atoms with E-state index < -0.39 is 69.3 Å². The first-order valence-electron chi connectivity index (χ1n) is 12.6. The van der Waals surface area contributed by atoms with Crippen LogP contribution in [0.2, 0.25) is 0 Å². The molecule has 2 heterocycles. The molecule has 4 aliphatic carbocycles. The quantitative estimate of drug-likeness (QED) is 0.430. The molecule has 8 atom stereocenters. The summed E-state index contributed by atoms with van der Waals surface area (Å²) < 4.78 is 12.6. The van der Waals surface area contributed by atoms with Gasteiger partial charge in [-0.1, -0.05) is 12.2 Å². The third kappa shape index (κ3) is 2.84. The van der Waals surface area contributed by atoms with Crippen LogP contribution in [0.5, 0.6) is 0 Å². The molecule has 8 nitrogen and oxygen atoms in total. The van der Waals surface area contributed by atoms with Gasteiger partial charge in [-0.3, -0.25) is 9.59 Å². The Morgan fingerprint density at radius 1 is 0.972 bits per heavy atom. The summed E-state index contributed by atoms with van der Waals surface area (Å²) in [5.41, 5.74) is -6.90. The third-order valence-corrected chi connectivity index (χ3v) is 9.43. The van der Waals surface area contributed by atoms with Crippen molar-refractivity contribution in [2.45, 2.75) is 88.0 Å². The summed E-state index contributed by atoms with van der Waals surface area (Å²) in [6, 6.07) is 0. The van der Waals surface area contributed by atoms with Crippen LogP contribution in [0.15, 0.2) is 48.5 Å². The maximum absolute atomic E-state index is 14.2. The first kappa shape index (κ1) is 25.4. The lowest BCUT2D eigenvalue weighted by Gasteiger charge is -2.69. The van der Waals surface area contributed by atoms with Crippen molar-refractivity contribution in [1.82, 2.24) is 0 Å².